The van der Waals surface area contributed by atoms with Gasteiger partial charge in [-0.2, -0.15) is 0 Å². The maximum atomic E-state index is 13.6. The lowest BCUT2D eigenvalue weighted by Crippen LogP contribution is -2.51. The smallest absolute Gasteiger partial charge is 0.243 e. The minimum Gasteiger partial charge on any atom is -0.495 e. The maximum absolute atomic E-state index is 13.6. The van der Waals surface area contributed by atoms with Crippen molar-refractivity contribution in [1.29, 1.82) is 0 Å². The van der Waals surface area contributed by atoms with Crippen LogP contribution in [0.3, 0.4) is 0 Å². The fourth-order valence-corrected chi connectivity index (χ4v) is 6.40. The Morgan fingerprint density at radius 1 is 1.07 bits per heavy atom. The van der Waals surface area contributed by atoms with E-state index in [0.29, 0.717) is 22.9 Å². The third kappa shape index (κ3) is 9.01. The van der Waals surface area contributed by atoms with Crippen molar-refractivity contribution in [2.45, 2.75) is 76.9 Å². The zero-order chi connectivity index (χ0) is 29.3. The van der Waals surface area contributed by atoms with Crippen LogP contribution in [0.5, 0.6) is 5.75 Å². The van der Waals surface area contributed by atoms with Crippen molar-refractivity contribution in [3.05, 3.63) is 58.1 Å². The molecule has 2 amide bonds. The normalized spacial score (nSPS) is 14.8. The average molecular weight is 613 g/mol. The van der Waals surface area contributed by atoms with E-state index in [1.54, 1.807) is 29.2 Å². The Kier molecular flexibility index (Phi) is 12.0. The predicted molar refractivity (Wildman–Crippen MR) is 161 cm³/mol. The van der Waals surface area contributed by atoms with Gasteiger partial charge in [-0.1, -0.05) is 61.5 Å². The number of anilines is 1. The quantitative estimate of drug-likeness (QED) is 0.308. The summed E-state index contributed by atoms with van der Waals surface area (Å²) in [6.07, 6.45) is 7.15. The molecular formula is C29H39Cl2N3O5S. The molecule has 1 atom stereocenters. The van der Waals surface area contributed by atoms with E-state index in [0.717, 1.165) is 37.5 Å². The molecule has 1 saturated carbocycles. The van der Waals surface area contributed by atoms with Crippen molar-refractivity contribution in [3.8, 4) is 5.75 Å². The van der Waals surface area contributed by atoms with Gasteiger partial charge in [0.2, 0.25) is 21.8 Å². The molecule has 0 aromatic heterocycles. The summed E-state index contributed by atoms with van der Waals surface area (Å²) in [5.41, 5.74) is 1.24. The number of nitrogens with zero attached hydrogens (tertiary/aromatic N) is 2. The first kappa shape index (κ1) is 32.0. The van der Waals surface area contributed by atoms with Crippen molar-refractivity contribution in [2.75, 3.05) is 24.2 Å². The molecule has 40 heavy (non-hydrogen) atoms. The first-order chi connectivity index (χ1) is 19.0. The Labute approximate surface area is 248 Å². The molecule has 0 bridgehead atoms. The Bertz CT molecular complexity index is 1250. The van der Waals surface area contributed by atoms with Crippen LogP contribution in [0.1, 0.15) is 63.9 Å². The Balaban J connectivity index is 1.76. The number of carbonyl (C=O) groups is 2. The van der Waals surface area contributed by atoms with Gasteiger partial charge in [-0.25, -0.2) is 8.42 Å². The van der Waals surface area contributed by atoms with Gasteiger partial charge in [0.15, 0.2) is 0 Å². The number of methoxy groups -OCH3 is 1. The summed E-state index contributed by atoms with van der Waals surface area (Å²) in [5, 5.41) is 4.04. The first-order valence-corrected chi connectivity index (χ1v) is 16.3. The highest BCUT2D eigenvalue weighted by atomic mass is 35.5. The van der Waals surface area contributed by atoms with E-state index in [1.165, 1.54) is 23.9 Å². The molecule has 0 radical (unpaired) electrons. The molecule has 0 saturated heterocycles. The summed E-state index contributed by atoms with van der Waals surface area (Å²) in [4.78, 5) is 28.6. The largest absolute Gasteiger partial charge is 0.495 e. The minimum atomic E-state index is -3.64. The van der Waals surface area contributed by atoms with Gasteiger partial charge >= 0.3 is 0 Å². The summed E-state index contributed by atoms with van der Waals surface area (Å²) in [6.45, 7) is 2.22. The lowest BCUT2D eigenvalue weighted by Gasteiger charge is -2.33. The van der Waals surface area contributed by atoms with E-state index in [9.17, 15) is 18.0 Å². The second kappa shape index (κ2) is 14.9. The van der Waals surface area contributed by atoms with Crippen LogP contribution in [0.15, 0.2) is 42.5 Å². The summed E-state index contributed by atoms with van der Waals surface area (Å²) >= 11 is 12.3. The number of amides is 2. The summed E-state index contributed by atoms with van der Waals surface area (Å²) < 4.78 is 31.6. The molecule has 8 nitrogen and oxygen atoms in total. The van der Waals surface area contributed by atoms with Gasteiger partial charge in [0.1, 0.15) is 11.8 Å². The second-order valence-corrected chi connectivity index (χ2v) is 12.9. The molecule has 11 heteroatoms. The highest BCUT2D eigenvalue weighted by molar-refractivity contribution is 7.92. The van der Waals surface area contributed by atoms with E-state index in [1.807, 2.05) is 19.1 Å². The van der Waals surface area contributed by atoms with Gasteiger partial charge in [0.25, 0.3) is 0 Å². The van der Waals surface area contributed by atoms with Crippen molar-refractivity contribution in [1.82, 2.24) is 10.2 Å². The monoisotopic (exact) mass is 611 g/mol. The van der Waals surface area contributed by atoms with Gasteiger partial charge < -0.3 is 15.0 Å². The SMILES string of the molecule is CCC(C(=O)NC1CCCCC1)N(Cc1ccc(Cl)cc1)C(=O)CCCN(c1ccc(OC)c(Cl)c1)S(C)(=O)=O. The van der Waals surface area contributed by atoms with Crippen LogP contribution in [0.4, 0.5) is 5.69 Å². The number of hydrogen-bond donors (Lipinski definition) is 1. The Morgan fingerprint density at radius 2 is 1.75 bits per heavy atom. The van der Waals surface area contributed by atoms with E-state index in [-0.39, 0.29) is 48.8 Å². The third-order valence-electron chi connectivity index (χ3n) is 7.18. The molecule has 0 heterocycles. The van der Waals surface area contributed by atoms with Crippen LogP contribution in [0.2, 0.25) is 10.0 Å². The maximum Gasteiger partial charge on any atom is 0.243 e. The fourth-order valence-electron chi connectivity index (χ4n) is 5.06. The standard InChI is InChI=1S/C29H39Cl2N3O5S/c1-4-26(29(36)32-23-9-6-5-7-10-23)33(20-21-12-14-22(30)15-13-21)28(35)11-8-18-34(40(3,37)38)24-16-17-27(39-2)25(31)19-24/h12-17,19,23,26H,4-11,18,20H2,1-3H3,(H,32,36). The summed E-state index contributed by atoms with van der Waals surface area (Å²) in [5.74, 6) is 0.0631. The van der Waals surface area contributed by atoms with Gasteiger partial charge in [0.05, 0.1) is 24.1 Å². The number of rotatable bonds is 13. The zero-order valence-corrected chi connectivity index (χ0v) is 25.7. The molecule has 220 valence electrons. The lowest BCUT2D eigenvalue weighted by atomic mass is 9.95. The average Bonchev–Trinajstić information content (AvgIpc) is 2.91. The van der Waals surface area contributed by atoms with E-state index in [4.69, 9.17) is 27.9 Å². The zero-order valence-electron chi connectivity index (χ0n) is 23.4. The number of hydrogen-bond acceptors (Lipinski definition) is 5. The Morgan fingerprint density at radius 3 is 2.33 bits per heavy atom. The Hall–Kier alpha value is -2.49. The number of carbonyl (C=O) groups excluding carboxylic acids is 2. The van der Waals surface area contributed by atoms with Crippen molar-refractivity contribution in [2.24, 2.45) is 0 Å². The van der Waals surface area contributed by atoms with Crippen molar-refractivity contribution < 1.29 is 22.7 Å². The molecule has 1 aliphatic carbocycles. The number of benzene rings is 2. The van der Waals surface area contributed by atoms with E-state index < -0.39 is 16.1 Å². The molecule has 2 aromatic carbocycles. The molecule has 1 N–H and O–H groups in total. The van der Waals surface area contributed by atoms with Gasteiger partial charge in [-0.3, -0.25) is 13.9 Å². The van der Waals surface area contributed by atoms with Gasteiger partial charge in [0, 0.05) is 30.6 Å². The van der Waals surface area contributed by atoms with Crippen molar-refractivity contribution in [3.63, 3.8) is 0 Å². The van der Waals surface area contributed by atoms with Crippen LogP contribution in [0, 0.1) is 0 Å². The van der Waals surface area contributed by atoms with Crippen LogP contribution in [0.25, 0.3) is 0 Å². The molecule has 2 aromatic rings. The van der Waals surface area contributed by atoms with E-state index in [2.05, 4.69) is 5.32 Å². The van der Waals surface area contributed by atoms with E-state index >= 15 is 0 Å². The first-order valence-electron chi connectivity index (χ1n) is 13.7. The van der Waals surface area contributed by atoms with Crippen LogP contribution in [-0.4, -0.2) is 57.1 Å². The molecule has 0 spiro atoms. The fraction of sp³-hybridized carbons (Fsp3) is 0.517. The molecule has 1 aliphatic rings. The number of halogens is 2. The molecular weight excluding hydrogens is 573 g/mol. The van der Waals surface area contributed by atoms with Crippen LogP contribution < -0.4 is 14.4 Å². The highest BCUT2D eigenvalue weighted by Gasteiger charge is 2.30. The van der Waals surface area contributed by atoms with Crippen LogP contribution >= 0.6 is 23.2 Å². The van der Waals surface area contributed by atoms with Crippen LogP contribution in [-0.2, 0) is 26.2 Å². The molecule has 1 unspecified atom stereocenters. The summed E-state index contributed by atoms with van der Waals surface area (Å²) in [7, 11) is -2.16. The number of nitrogens with one attached hydrogen (secondary N) is 1. The second-order valence-electron chi connectivity index (χ2n) is 10.2. The van der Waals surface area contributed by atoms with Gasteiger partial charge in [-0.15, -0.1) is 0 Å². The molecule has 1 fully saturated rings. The highest BCUT2D eigenvalue weighted by Crippen LogP contribution is 2.30. The lowest BCUT2D eigenvalue weighted by molar-refractivity contribution is -0.141. The molecule has 3 rings (SSSR count). The van der Waals surface area contributed by atoms with Gasteiger partial charge in [-0.05, 0) is 61.6 Å². The van der Waals surface area contributed by atoms with Crippen molar-refractivity contribution >= 4 is 50.7 Å². The minimum absolute atomic E-state index is 0.0662. The summed E-state index contributed by atoms with van der Waals surface area (Å²) in [6, 6.07) is 11.4. The predicted octanol–water partition coefficient (Wildman–Crippen LogP) is 5.80. The molecule has 0 aliphatic heterocycles. The topological polar surface area (TPSA) is 96.0 Å². The third-order valence-corrected chi connectivity index (χ3v) is 8.92. The number of sulfonamides is 1. The number of ether oxygens (including phenoxy) is 1.